The lowest BCUT2D eigenvalue weighted by Gasteiger charge is -2.09. The first-order valence-corrected chi connectivity index (χ1v) is 3.03. The molecule has 0 aliphatic rings. The van der Waals surface area contributed by atoms with E-state index in [0.29, 0.717) is 5.70 Å². The van der Waals surface area contributed by atoms with Crippen LogP contribution >= 0.6 is 23.6 Å². The van der Waals surface area contributed by atoms with Crippen molar-refractivity contribution in [3.8, 4) is 0 Å². The molecule has 6 heteroatoms. The SMILES string of the molecule is C/C(N=O)=C(/C)N(Cl)OCl. The molecule has 0 aromatic rings. The van der Waals surface area contributed by atoms with E-state index in [2.05, 4.69) is 9.57 Å². The lowest BCUT2D eigenvalue weighted by molar-refractivity contribution is 0.0916. The van der Waals surface area contributed by atoms with Crippen molar-refractivity contribution in [3.63, 3.8) is 0 Å². The van der Waals surface area contributed by atoms with E-state index in [9.17, 15) is 4.91 Å². The first-order valence-electron chi connectivity index (χ1n) is 2.39. The largest absolute Gasteiger partial charge is 0.145 e. The highest BCUT2D eigenvalue weighted by Crippen LogP contribution is 2.14. The number of hydrogen-bond donors (Lipinski definition) is 0. The number of rotatable bonds is 3. The lowest BCUT2D eigenvalue weighted by atomic mass is 10.4. The monoisotopic (exact) mass is 184 g/mol. The summed E-state index contributed by atoms with van der Waals surface area (Å²) in [6.07, 6.45) is 0. The van der Waals surface area contributed by atoms with E-state index in [1.165, 1.54) is 6.92 Å². The summed E-state index contributed by atoms with van der Waals surface area (Å²) >= 11 is 10.2. The van der Waals surface area contributed by atoms with Crippen molar-refractivity contribution in [3.05, 3.63) is 16.3 Å². The topological polar surface area (TPSA) is 41.9 Å². The molecule has 0 radical (unpaired) electrons. The minimum atomic E-state index is 0.218. The summed E-state index contributed by atoms with van der Waals surface area (Å²) in [5.41, 5.74) is 0.572. The molecule has 0 aliphatic heterocycles. The Morgan fingerprint density at radius 2 is 2.10 bits per heavy atom. The standard InChI is InChI=1S/C4H6Cl2N2O2/c1-3(7-9)4(2)8(5)10-6/h1-2H3/b4-3+. The Balaban J connectivity index is 4.29. The second-order valence-electron chi connectivity index (χ2n) is 1.58. The third-order valence-electron chi connectivity index (χ3n) is 0.985. The quantitative estimate of drug-likeness (QED) is 0.385. The Morgan fingerprint density at radius 1 is 1.60 bits per heavy atom. The molecular weight excluding hydrogens is 179 g/mol. The molecular formula is C4H6Cl2N2O2. The number of allylic oxidation sites excluding steroid dienone is 2. The molecule has 4 nitrogen and oxygen atoms in total. The van der Waals surface area contributed by atoms with E-state index in [-0.39, 0.29) is 5.70 Å². The molecule has 58 valence electrons. The van der Waals surface area contributed by atoms with Gasteiger partial charge in [-0.1, -0.05) is 0 Å². The Morgan fingerprint density at radius 3 is 2.40 bits per heavy atom. The van der Waals surface area contributed by atoms with Crippen LogP contribution < -0.4 is 0 Å². The van der Waals surface area contributed by atoms with Crippen molar-refractivity contribution in [1.82, 2.24) is 4.58 Å². The van der Waals surface area contributed by atoms with Crippen LogP contribution in [0.2, 0.25) is 0 Å². The summed E-state index contributed by atoms with van der Waals surface area (Å²) in [6, 6.07) is 0. The number of hydroxylamine groups is 1. The fourth-order valence-corrected chi connectivity index (χ4v) is 0.471. The van der Waals surface area contributed by atoms with E-state index < -0.39 is 0 Å². The average molecular weight is 185 g/mol. The minimum Gasteiger partial charge on any atom is -0.145 e. The Kier molecular flexibility index (Phi) is 4.34. The molecule has 0 spiro atoms. The molecule has 10 heavy (non-hydrogen) atoms. The van der Waals surface area contributed by atoms with Crippen LogP contribution in [0.1, 0.15) is 13.8 Å². The molecule has 0 aromatic carbocycles. The van der Waals surface area contributed by atoms with Gasteiger partial charge in [0.25, 0.3) is 0 Å². The maximum atomic E-state index is 9.87. The highest BCUT2D eigenvalue weighted by molar-refractivity contribution is 6.16. The summed E-state index contributed by atoms with van der Waals surface area (Å²) < 4.78 is 4.77. The molecule has 0 aromatic heterocycles. The first-order chi connectivity index (χ1) is 4.63. The van der Waals surface area contributed by atoms with Crippen LogP contribution in [0.25, 0.3) is 0 Å². The highest BCUT2D eigenvalue weighted by atomic mass is 35.5. The van der Waals surface area contributed by atoms with Crippen molar-refractivity contribution in [2.45, 2.75) is 13.8 Å². The third kappa shape index (κ3) is 2.51. The number of halogens is 2. The molecule has 0 unspecified atom stereocenters. The van der Waals surface area contributed by atoms with E-state index in [0.717, 1.165) is 4.58 Å². The highest BCUT2D eigenvalue weighted by Gasteiger charge is 2.05. The van der Waals surface area contributed by atoms with Crippen molar-refractivity contribution in [2.75, 3.05) is 0 Å². The summed E-state index contributed by atoms with van der Waals surface area (Å²) in [7, 11) is 0. The molecule has 0 atom stereocenters. The first kappa shape index (κ1) is 9.68. The Bertz CT molecular complexity index is 159. The molecule has 0 fully saturated rings. The third-order valence-corrected chi connectivity index (χ3v) is 1.52. The minimum absolute atomic E-state index is 0.218. The van der Waals surface area contributed by atoms with Gasteiger partial charge in [-0.2, -0.15) is 0 Å². The predicted octanol–water partition coefficient (Wildman–Crippen LogP) is 2.55. The van der Waals surface area contributed by atoms with Gasteiger partial charge in [0.05, 0.1) is 17.6 Å². The molecule has 0 bridgehead atoms. The van der Waals surface area contributed by atoms with Gasteiger partial charge in [0.1, 0.15) is 5.70 Å². The van der Waals surface area contributed by atoms with Crippen molar-refractivity contribution >= 4 is 23.6 Å². The Labute approximate surface area is 68.6 Å². The van der Waals surface area contributed by atoms with Crippen molar-refractivity contribution < 1.29 is 4.39 Å². The summed E-state index contributed by atoms with van der Waals surface area (Å²) in [4.78, 5) is 9.87. The van der Waals surface area contributed by atoms with E-state index >= 15 is 0 Å². The Hall–Kier alpha value is -0.320. The molecule has 0 heterocycles. The van der Waals surface area contributed by atoms with Crippen molar-refractivity contribution in [2.24, 2.45) is 5.18 Å². The fraction of sp³-hybridized carbons (Fsp3) is 0.500. The second-order valence-corrected chi connectivity index (χ2v) is 2.02. The van der Waals surface area contributed by atoms with Crippen LogP contribution in [-0.2, 0) is 4.39 Å². The van der Waals surface area contributed by atoms with Crippen molar-refractivity contribution in [1.29, 1.82) is 0 Å². The van der Waals surface area contributed by atoms with Gasteiger partial charge >= 0.3 is 0 Å². The van der Waals surface area contributed by atoms with Gasteiger partial charge in [-0.3, -0.25) is 0 Å². The van der Waals surface area contributed by atoms with Gasteiger partial charge in [0, 0.05) is 11.8 Å². The van der Waals surface area contributed by atoms with Crippen LogP contribution in [0.4, 0.5) is 0 Å². The predicted molar refractivity (Wildman–Crippen MR) is 38.8 cm³/mol. The van der Waals surface area contributed by atoms with Gasteiger partial charge in [-0.05, 0) is 19.0 Å². The van der Waals surface area contributed by atoms with Gasteiger partial charge in [0.2, 0.25) is 0 Å². The second kappa shape index (κ2) is 4.49. The van der Waals surface area contributed by atoms with E-state index in [1.807, 2.05) is 0 Å². The maximum absolute atomic E-state index is 9.87. The zero-order valence-corrected chi connectivity index (χ0v) is 6.98. The van der Waals surface area contributed by atoms with E-state index in [4.69, 9.17) is 23.6 Å². The molecule has 0 saturated heterocycles. The van der Waals surface area contributed by atoms with Gasteiger partial charge in [-0.15, -0.1) is 13.9 Å². The summed E-state index contributed by atoms with van der Waals surface area (Å²) in [6.45, 7) is 3.04. The lowest BCUT2D eigenvalue weighted by Crippen LogP contribution is -2.05. The van der Waals surface area contributed by atoms with E-state index in [1.54, 1.807) is 6.92 Å². The smallest absolute Gasteiger partial charge is 0.105 e. The van der Waals surface area contributed by atoms with Crippen LogP contribution in [0.5, 0.6) is 0 Å². The molecule has 0 N–H and O–H groups in total. The zero-order chi connectivity index (χ0) is 8.15. The van der Waals surface area contributed by atoms with Crippen LogP contribution in [-0.4, -0.2) is 4.58 Å². The fourth-order valence-electron chi connectivity index (χ4n) is 0.245. The summed E-state index contributed by atoms with van der Waals surface area (Å²) in [5.74, 6) is 0. The van der Waals surface area contributed by atoms with Crippen LogP contribution in [0.15, 0.2) is 16.6 Å². The molecule has 0 saturated carbocycles. The number of hydrogen-bond acceptors (Lipinski definition) is 4. The maximum Gasteiger partial charge on any atom is 0.105 e. The van der Waals surface area contributed by atoms with Gasteiger partial charge in [-0.25, -0.2) is 0 Å². The van der Waals surface area contributed by atoms with Crippen LogP contribution in [0, 0.1) is 4.91 Å². The molecule has 0 amide bonds. The number of nitroso groups, excluding NO2 is 1. The van der Waals surface area contributed by atoms with Gasteiger partial charge in [0.15, 0.2) is 0 Å². The molecule has 0 rings (SSSR count). The normalized spacial score (nSPS) is 12.4. The van der Waals surface area contributed by atoms with Crippen LogP contribution in [0.3, 0.4) is 0 Å². The molecule has 0 aliphatic carbocycles. The zero-order valence-electron chi connectivity index (χ0n) is 5.47. The average Bonchev–Trinajstić information content (AvgIpc) is 2.00. The summed E-state index contributed by atoms with van der Waals surface area (Å²) in [5, 5.41) is 2.62. The van der Waals surface area contributed by atoms with Gasteiger partial charge < -0.3 is 0 Å². The number of nitrogens with zero attached hydrogens (tertiary/aromatic N) is 2.